The van der Waals surface area contributed by atoms with Gasteiger partial charge in [0, 0.05) is 37.9 Å². The highest BCUT2D eigenvalue weighted by Gasteiger charge is 2.29. The molecule has 2 heterocycles. The van der Waals surface area contributed by atoms with Crippen molar-refractivity contribution in [2.75, 3.05) is 38.2 Å². The summed E-state index contributed by atoms with van der Waals surface area (Å²) in [6.45, 7) is 4.56. The molecule has 4 nitrogen and oxygen atoms in total. The SMILES string of the molecule is COc1ccc(CCN2CCC(N3CCc4cc(C#N)ccc43)CC2)cc1. The number of benzene rings is 2. The van der Waals surface area contributed by atoms with E-state index in [4.69, 9.17) is 10.00 Å². The van der Waals surface area contributed by atoms with Gasteiger partial charge in [0.1, 0.15) is 5.75 Å². The van der Waals surface area contributed by atoms with Gasteiger partial charge in [-0.15, -0.1) is 0 Å². The van der Waals surface area contributed by atoms with Gasteiger partial charge in [0.2, 0.25) is 0 Å². The van der Waals surface area contributed by atoms with Gasteiger partial charge >= 0.3 is 0 Å². The second-order valence-electron chi connectivity index (χ2n) is 7.57. The van der Waals surface area contributed by atoms with Gasteiger partial charge in [-0.2, -0.15) is 5.26 Å². The fraction of sp³-hybridized carbons (Fsp3) is 0.435. The van der Waals surface area contributed by atoms with Gasteiger partial charge in [-0.25, -0.2) is 0 Å². The summed E-state index contributed by atoms with van der Waals surface area (Å²) in [6, 6.07) is 17.5. The smallest absolute Gasteiger partial charge is 0.118 e. The molecule has 0 saturated carbocycles. The maximum atomic E-state index is 9.10. The molecule has 0 N–H and O–H groups in total. The predicted molar refractivity (Wildman–Crippen MR) is 108 cm³/mol. The lowest BCUT2D eigenvalue weighted by Gasteiger charge is -2.38. The Morgan fingerprint density at radius 1 is 1.07 bits per heavy atom. The molecule has 2 aliphatic heterocycles. The molecule has 0 amide bonds. The van der Waals surface area contributed by atoms with Crippen molar-refractivity contribution in [3.05, 3.63) is 59.2 Å². The summed E-state index contributed by atoms with van der Waals surface area (Å²) >= 11 is 0. The lowest BCUT2D eigenvalue weighted by Crippen LogP contribution is -2.44. The fourth-order valence-electron chi connectivity index (χ4n) is 4.41. The molecule has 1 saturated heterocycles. The van der Waals surface area contributed by atoms with E-state index in [9.17, 15) is 0 Å². The minimum absolute atomic E-state index is 0.636. The van der Waals surface area contributed by atoms with Gasteiger partial charge in [0.15, 0.2) is 0 Å². The lowest BCUT2D eigenvalue weighted by atomic mass is 10.0. The molecule has 2 aromatic carbocycles. The van der Waals surface area contributed by atoms with Gasteiger partial charge in [-0.3, -0.25) is 0 Å². The van der Waals surface area contributed by atoms with Gasteiger partial charge in [-0.1, -0.05) is 12.1 Å². The third kappa shape index (κ3) is 3.94. The van der Waals surface area contributed by atoms with Crippen LogP contribution in [0.2, 0.25) is 0 Å². The Morgan fingerprint density at radius 3 is 2.56 bits per heavy atom. The number of methoxy groups -OCH3 is 1. The first-order valence-electron chi connectivity index (χ1n) is 9.92. The third-order valence-corrected chi connectivity index (χ3v) is 6.01. The molecule has 0 bridgehead atoms. The zero-order valence-corrected chi connectivity index (χ0v) is 16.0. The van der Waals surface area contributed by atoms with Crippen LogP contribution < -0.4 is 9.64 Å². The predicted octanol–water partition coefficient (Wildman–Crippen LogP) is 3.64. The van der Waals surface area contributed by atoms with E-state index < -0.39 is 0 Å². The van der Waals surface area contributed by atoms with Crippen LogP contribution in [-0.4, -0.2) is 44.2 Å². The summed E-state index contributed by atoms with van der Waals surface area (Å²) in [7, 11) is 1.71. The van der Waals surface area contributed by atoms with E-state index in [0.29, 0.717) is 6.04 Å². The lowest BCUT2D eigenvalue weighted by molar-refractivity contribution is 0.212. The molecular formula is C23H27N3O. The number of hydrogen-bond donors (Lipinski definition) is 0. The molecule has 2 aromatic rings. The zero-order chi connectivity index (χ0) is 18.6. The number of anilines is 1. The first kappa shape index (κ1) is 17.9. The topological polar surface area (TPSA) is 39.5 Å². The molecular weight excluding hydrogens is 334 g/mol. The molecule has 0 aromatic heterocycles. The van der Waals surface area contributed by atoms with Crippen molar-refractivity contribution in [3.8, 4) is 11.8 Å². The van der Waals surface area contributed by atoms with Crippen LogP contribution >= 0.6 is 0 Å². The second kappa shape index (κ2) is 8.02. The Balaban J connectivity index is 1.29. The van der Waals surface area contributed by atoms with E-state index in [0.717, 1.165) is 37.2 Å². The van der Waals surface area contributed by atoms with Crippen molar-refractivity contribution in [1.29, 1.82) is 5.26 Å². The van der Waals surface area contributed by atoms with Crippen molar-refractivity contribution in [2.24, 2.45) is 0 Å². The van der Waals surface area contributed by atoms with Crippen molar-refractivity contribution in [2.45, 2.75) is 31.7 Å². The summed E-state index contributed by atoms with van der Waals surface area (Å²) in [5.41, 5.74) is 4.85. The molecule has 4 rings (SSSR count). The number of ether oxygens (including phenoxy) is 1. The quantitative estimate of drug-likeness (QED) is 0.815. The molecule has 0 atom stereocenters. The Labute approximate surface area is 162 Å². The zero-order valence-electron chi connectivity index (χ0n) is 16.0. The largest absolute Gasteiger partial charge is 0.497 e. The number of fused-ring (bicyclic) bond motifs is 1. The standard InChI is InChI=1S/C23H27N3O/c1-27-22-5-2-18(3-6-22)8-12-25-13-10-21(11-14-25)26-15-9-20-16-19(17-24)4-7-23(20)26/h2-7,16,21H,8-15H2,1H3. The van der Waals surface area contributed by atoms with Crippen LogP contribution in [0.1, 0.15) is 29.5 Å². The number of nitriles is 1. The van der Waals surface area contributed by atoms with E-state index in [1.165, 1.54) is 42.7 Å². The summed E-state index contributed by atoms with van der Waals surface area (Å²) in [5, 5.41) is 9.10. The maximum absolute atomic E-state index is 9.10. The van der Waals surface area contributed by atoms with E-state index in [1.807, 2.05) is 18.2 Å². The molecule has 4 heteroatoms. The summed E-state index contributed by atoms with van der Waals surface area (Å²) in [5.74, 6) is 0.923. The molecule has 0 aliphatic carbocycles. The number of rotatable bonds is 5. The number of nitrogens with zero attached hydrogens (tertiary/aromatic N) is 3. The van der Waals surface area contributed by atoms with Crippen LogP contribution in [-0.2, 0) is 12.8 Å². The molecule has 0 spiro atoms. The minimum atomic E-state index is 0.636. The van der Waals surface area contributed by atoms with E-state index in [-0.39, 0.29) is 0 Å². The molecule has 27 heavy (non-hydrogen) atoms. The summed E-state index contributed by atoms with van der Waals surface area (Å²) < 4.78 is 5.23. The molecule has 0 unspecified atom stereocenters. The average molecular weight is 361 g/mol. The van der Waals surface area contributed by atoms with Gasteiger partial charge in [-0.05, 0) is 67.1 Å². The van der Waals surface area contributed by atoms with Crippen LogP contribution in [0.25, 0.3) is 0 Å². The fourth-order valence-corrected chi connectivity index (χ4v) is 4.41. The summed E-state index contributed by atoms with van der Waals surface area (Å²) in [4.78, 5) is 5.17. The summed E-state index contributed by atoms with van der Waals surface area (Å²) in [6.07, 6.45) is 4.62. The van der Waals surface area contributed by atoms with Crippen molar-refractivity contribution in [3.63, 3.8) is 0 Å². The van der Waals surface area contributed by atoms with Crippen molar-refractivity contribution >= 4 is 5.69 Å². The van der Waals surface area contributed by atoms with E-state index in [2.05, 4.69) is 40.1 Å². The van der Waals surface area contributed by atoms with E-state index >= 15 is 0 Å². The molecule has 0 radical (unpaired) electrons. The number of likely N-dealkylation sites (tertiary alicyclic amines) is 1. The highest BCUT2D eigenvalue weighted by atomic mass is 16.5. The highest BCUT2D eigenvalue weighted by molar-refractivity contribution is 5.61. The first-order chi connectivity index (χ1) is 13.3. The highest BCUT2D eigenvalue weighted by Crippen LogP contribution is 2.33. The maximum Gasteiger partial charge on any atom is 0.118 e. The van der Waals surface area contributed by atoms with Crippen LogP contribution in [0.5, 0.6) is 5.75 Å². The number of piperidine rings is 1. The number of hydrogen-bond acceptors (Lipinski definition) is 4. The monoisotopic (exact) mass is 361 g/mol. The molecule has 140 valence electrons. The molecule has 2 aliphatic rings. The Morgan fingerprint density at radius 2 is 1.85 bits per heavy atom. The average Bonchev–Trinajstić information content (AvgIpc) is 3.16. The van der Waals surface area contributed by atoms with E-state index in [1.54, 1.807) is 7.11 Å². The molecule has 1 fully saturated rings. The second-order valence-corrected chi connectivity index (χ2v) is 7.57. The van der Waals surface area contributed by atoms with Crippen LogP contribution in [0.15, 0.2) is 42.5 Å². The van der Waals surface area contributed by atoms with Crippen molar-refractivity contribution in [1.82, 2.24) is 4.90 Å². The Kier molecular flexibility index (Phi) is 5.31. The van der Waals surface area contributed by atoms with Gasteiger partial charge in [0.25, 0.3) is 0 Å². The van der Waals surface area contributed by atoms with Crippen LogP contribution in [0.3, 0.4) is 0 Å². The Bertz CT molecular complexity index is 817. The van der Waals surface area contributed by atoms with Crippen LogP contribution in [0.4, 0.5) is 5.69 Å². The Hall–Kier alpha value is -2.51. The van der Waals surface area contributed by atoms with Crippen LogP contribution in [0, 0.1) is 11.3 Å². The minimum Gasteiger partial charge on any atom is -0.497 e. The van der Waals surface area contributed by atoms with Crippen molar-refractivity contribution < 1.29 is 4.74 Å². The third-order valence-electron chi connectivity index (χ3n) is 6.01. The van der Waals surface area contributed by atoms with Gasteiger partial charge in [0.05, 0.1) is 18.7 Å². The first-order valence-corrected chi connectivity index (χ1v) is 9.92. The van der Waals surface area contributed by atoms with Gasteiger partial charge < -0.3 is 14.5 Å². The normalized spacial score (nSPS) is 17.6.